The maximum Gasteiger partial charge on any atom is 0.320 e. The molecule has 0 aromatic heterocycles. The Hall–Kier alpha value is -1.95. The van der Waals surface area contributed by atoms with E-state index in [0.29, 0.717) is 23.6 Å². The molecular weight excluding hydrogens is 280 g/mol. The molecule has 110 valence electrons. The summed E-state index contributed by atoms with van der Waals surface area (Å²) < 4.78 is 0. The van der Waals surface area contributed by atoms with Crippen LogP contribution in [0.5, 0.6) is 0 Å². The van der Waals surface area contributed by atoms with Gasteiger partial charge in [-0.15, -0.1) is 0 Å². The summed E-state index contributed by atoms with van der Waals surface area (Å²) >= 11 is 5.97. The molecule has 0 radical (unpaired) electrons. The molecule has 1 rings (SSSR count). The maximum atomic E-state index is 12.0. The summed E-state index contributed by atoms with van der Waals surface area (Å²) in [4.78, 5) is 12.0. The molecule has 0 aliphatic carbocycles. The predicted octanol–water partition coefficient (Wildman–Crippen LogP) is 2.77. The van der Waals surface area contributed by atoms with Crippen molar-refractivity contribution in [2.24, 2.45) is 10.9 Å². The summed E-state index contributed by atoms with van der Waals surface area (Å²) in [7, 11) is 0. The molecule has 0 bridgehead atoms. The summed E-state index contributed by atoms with van der Waals surface area (Å²) in [5.74, 6) is -0.0307. The average Bonchev–Trinajstić information content (AvgIpc) is 2.46. The van der Waals surface area contributed by atoms with Crippen molar-refractivity contribution < 1.29 is 10.0 Å². The summed E-state index contributed by atoms with van der Waals surface area (Å²) in [6.07, 6.45) is 0.991. The lowest BCUT2D eigenvalue weighted by Gasteiger charge is -2.31. The van der Waals surface area contributed by atoms with E-state index in [1.54, 1.807) is 24.3 Å². The number of anilines is 1. The molecule has 0 spiro atoms. The molecule has 1 aromatic rings. The zero-order chi connectivity index (χ0) is 15.2. The Morgan fingerprint density at radius 1 is 1.40 bits per heavy atom. The number of carbonyl (C=O) groups is 1. The van der Waals surface area contributed by atoms with E-state index in [4.69, 9.17) is 22.5 Å². The number of amidine groups is 1. The number of benzene rings is 1. The minimum atomic E-state index is -0.889. The van der Waals surface area contributed by atoms with E-state index in [1.165, 1.54) is 0 Å². The van der Waals surface area contributed by atoms with Crippen LogP contribution in [0.1, 0.15) is 26.7 Å². The van der Waals surface area contributed by atoms with Crippen LogP contribution in [-0.4, -0.2) is 22.6 Å². The molecule has 0 saturated carbocycles. The second-order valence-electron chi connectivity index (χ2n) is 4.33. The molecule has 1 aromatic carbocycles. The van der Waals surface area contributed by atoms with Gasteiger partial charge in [0.1, 0.15) is 5.54 Å². The molecule has 0 unspecified atom stereocenters. The number of hydrogen-bond acceptors (Lipinski definition) is 3. The van der Waals surface area contributed by atoms with E-state index >= 15 is 0 Å². The molecule has 0 fully saturated rings. The van der Waals surface area contributed by atoms with Gasteiger partial charge in [-0.25, -0.2) is 4.79 Å². The van der Waals surface area contributed by atoms with Crippen molar-refractivity contribution >= 4 is 29.2 Å². The van der Waals surface area contributed by atoms with E-state index < -0.39 is 11.6 Å². The van der Waals surface area contributed by atoms with Gasteiger partial charge in [-0.05, 0) is 25.0 Å². The molecule has 0 aliphatic heterocycles. The predicted molar refractivity (Wildman–Crippen MR) is 80.3 cm³/mol. The lowest BCUT2D eigenvalue weighted by molar-refractivity contribution is 0.241. The second kappa shape index (κ2) is 7.00. The summed E-state index contributed by atoms with van der Waals surface area (Å²) in [6.45, 7) is 3.69. The van der Waals surface area contributed by atoms with Gasteiger partial charge in [0, 0.05) is 0 Å². The van der Waals surface area contributed by atoms with Crippen LogP contribution in [0, 0.1) is 0 Å². The molecule has 0 atom stereocenters. The molecule has 0 saturated heterocycles. The molecule has 20 heavy (non-hydrogen) atoms. The minimum absolute atomic E-state index is 0.0307. The van der Waals surface area contributed by atoms with E-state index in [-0.39, 0.29) is 5.84 Å². The number of hydrogen-bond donors (Lipinski definition) is 4. The van der Waals surface area contributed by atoms with Crippen molar-refractivity contribution in [2.75, 3.05) is 5.32 Å². The van der Waals surface area contributed by atoms with E-state index in [0.717, 1.165) is 0 Å². The number of amides is 2. The second-order valence-corrected chi connectivity index (χ2v) is 4.74. The van der Waals surface area contributed by atoms with Gasteiger partial charge in [0.2, 0.25) is 0 Å². The number of urea groups is 1. The van der Waals surface area contributed by atoms with Crippen molar-refractivity contribution in [3.63, 3.8) is 0 Å². The number of oxime groups is 1. The SMILES string of the molecule is CCC(CC)(NC(=O)Nc1ccccc1Cl)/C(N)=N/O. The standard InChI is InChI=1S/C13H19ClN4O2/c1-3-13(4-2,11(15)18-20)17-12(19)16-10-8-6-5-7-9(10)14/h5-8,20H,3-4H2,1-2H3,(H2,15,18)(H2,16,17,19). The number of halogens is 1. The third kappa shape index (κ3) is 3.54. The van der Waals surface area contributed by atoms with Crippen molar-refractivity contribution in [3.8, 4) is 0 Å². The van der Waals surface area contributed by atoms with Gasteiger partial charge in [0.25, 0.3) is 0 Å². The van der Waals surface area contributed by atoms with Crippen molar-refractivity contribution in [2.45, 2.75) is 32.2 Å². The van der Waals surface area contributed by atoms with Gasteiger partial charge >= 0.3 is 6.03 Å². The first-order valence-corrected chi connectivity index (χ1v) is 6.68. The smallest absolute Gasteiger partial charge is 0.320 e. The van der Waals surface area contributed by atoms with Crippen LogP contribution in [-0.2, 0) is 0 Å². The van der Waals surface area contributed by atoms with E-state index in [1.807, 2.05) is 13.8 Å². The average molecular weight is 299 g/mol. The Morgan fingerprint density at radius 2 is 2.00 bits per heavy atom. The third-order valence-corrected chi connectivity index (χ3v) is 3.61. The Morgan fingerprint density at radius 3 is 2.50 bits per heavy atom. The van der Waals surface area contributed by atoms with Gasteiger partial charge < -0.3 is 21.6 Å². The Bertz CT molecular complexity index is 501. The van der Waals surface area contributed by atoms with Crippen LogP contribution in [0.25, 0.3) is 0 Å². The van der Waals surface area contributed by atoms with Crippen LogP contribution < -0.4 is 16.4 Å². The quantitative estimate of drug-likeness (QED) is 0.291. The van der Waals surface area contributed by atoms with Gasteiger partial charge in [0.15, 0.2) is 5.84 Å². The van der Waals surface area contributed by atoms with Crippen molar-refractivity contribution in [3.05, 3.63) is 29.3 Å². The van der Waals surface area contributed by atoms with Gasteiger partial charge in [-0.1, -0.05) is 42.7 Å². The van der Waals surface area contributed by atoms with Crippen LogP contribution in [0.2, 0.25) is 5.02 Å². The monoisotopic (exact) mass is 298 g/mol. The summed E-state index contributed by atoms with van der Waals surface area (Å²) in [5, 5.41) is 17.7. The number of nitrogens with zero attached hydrogens (tertiary/aromatic N) is 1. The fraction of sp³-hybridized carbons (Fsp3) is 0.385. The number of rotatable bonds is 5. The normalized spacial score (nSPS) is 12.1. The maximum absolute atomic E-state index is 12.0. The van der Waals surface area contributed by atoms with Crippen LogP contribution in [0.3, 0.4) is 0 Å². The van der Waals surface area contributed by atoms with Crippen molar-refractivity contribution in [1.29, 1.82) is 0 Å². The highest BCUT2D eigenvalue weighted by Crippen LogP contribution is 2.21. The Kier molecular flexibility index (Phi) is 5.64. The molecule has 6 nitrogen and oxygen atoms in total. The van der Waals surface area contributed by atoms with E-state index in [9.17, 15) is 4.79 Å². The number of nitrogens with two attached hydrogens (primary N) is 1. The largest absolute Gasteiger partial charge is 0.409 e. The molecule has 5 N–H and O–H groups in total. The molecule has 0 aliphatic rings. The molecule has 0 heterocycles. The number of carbonyl (C=O) groups excluding carboxylic acids is 1. The highest BCUT2D eigenvalue weighted by atomic mass is 35.5. The van der Waals surface area contributed by atoms with Gasteiger partial charge in [-0.3, -0.25) is 0 Å². The fourth-order valence-corrected chi connectivity index (χ4v) is 2.07. The summed E-state index contributed by atoms with van der Waals surface area (Å²) in [5.41, 5.74) is 5.28. The zero-order valence-electron chi connectivity index (χ0n) is 11.5. The highest BCUT2D eigenvalue weighted by Gasteiger charge is 2.33. The summed E-state index contributed by atoms with van der Waals surface area (Å²) in [6, 6.07) is 6.43. The minimum Gasteiger partial charge on any atom is -0.409 e. The lowest BCUT2D eigenvalue weighted by atomic mass is 9.91. The highest BCUT2D eigenvalue weighted by molar-refractivity contribution is 6.33. The van der Waals surface area contributed by atoms with Gasteiger partial charge in [-0.2, -0.15) is 0 Å². The first-order valence-electron chi connectivity index (χ1n) is 6.30. The first kappa shape index (κ1) is 16.1. The number of para-hydroxylation sites is 1. The number of nitrogens with one attached hydrogen (secondary N) is 2. The third-order valence-electron chi connectivity index (χ3n) is 3.28. The molecule has 2 amide bonds. The molecule has 7 heteroatoms. The van der Waals surface area contributed by atoms with Crippen LogP contribution >= 0.6 is 11.6 Å². The van der Waals surface area contributed by atoms with Crippen LogP contribution in [0.15, 0.2) is 29.4 Å². The van der Waals surface area contributed by atoms with Crippen molar-refractivity contribution in [1.82, 2.24) is 5.32 Å². The Labute approximate surface area is 123 Å². The van der Waals surface area contributed by atoms with E-state index in [2.05, 4.69) is 15.8 Å². The lowest BCUT2D eigenvalue weighted by Crippen LogP contribution is -2.57. The zero-order valence-corrected chi connectivity index (χ0v) is 12.2. The Balaban J connectivity index is 2.85. The fourth-order valence-electron chi connectivity index (χ4n) is 1.88. The van der Waals surface area contributed by atoms with Crippen LogP contribution in [0.4, 0.5) is 10.5 Å². The molecular formula is C13H19ClN4O2. The topological polar surface area (TPSA) is 99.7 Å². The van der Waals surface area contributed by atoms with Gasteiger partial charge in [0.05, 0.1) is 10.7 Å². The first-order chi connectivity index (χ1) is 9.49.